The average molecular weight is 169 g/mol. The second kappa shape index (κ2) is 4.61. The van der Waals surface area contributed by atoms with Gasteiger partial charge in [-0.05, 0) is 19.4 Å². The molecule has 2 nitrogen and oxygen atoms in total. The summed E-state index contributed by atoms with van der Waals surface area (Å²) in [6.07, 6.45) is 3.52. The van der Waals surface area contributed by atoms with Crippen molar-refractivity contribution in [2.75, 3.05) is 13.1 Å². The topological polar surface area (TPSA) is 29.1 Å². The fourth-order valence-corrected chi connectivity index (χ4v) is 1.56. The molecule has 0 amide bonds. The summed E-state index contributed by atoms with van der Waals surface area (Å²) in [5.74, 6) is 1.09. The van der Waals surface area contributed by atoms with Gasteiger partial charge in [0.25, 0.3) is 0 Å². The Morgan fingerprint density at radius 2 is 2.25 bits per heavy atom. The molecule has 1 atom stereocenters. The lowest BCUT2D eigenvalue weighted by Crippen LogP contribution is -2.33. The summed E-state index contributed by atoms with van der Waals surface area (Å²) < 4.78 is 0. The Balaban J connectivity index is 2.20. The van der Waals surface area contributed by atoms with E-state index < -0.39 is 0 Å². The van der Waals surface area contributed by atoms with Crippen LogP contribution in [0.2, 0.25) is 0 Å². The minimum Gasteiger partial charge on any atom is -0.316 e. The predicted octanol–water partition coefficient (Wildman–Crippen LogP) is 1.60. The second-order valence-electron chi connectivity index (χ2n) is 3.74. The number of Topliss-reactive ketones (excluding diaryl/α,β-unsaturated/α-hetero) is 1. The van der Waals surface area contributed by atoms with Gasteiger partial charge in [-0.1, -0.05) is 20.3 Å². The van der Waals surface area contributed by atoms with Crippen molar-refractivity contribution in [2.45, 2.75) is 33.1 Å². The van der Waals surface area contributed by atoms with E-state index >= 15 is 0 Å². The largest absolute Gasteiger partial charge is 0.316 e. The normalized spacial score (nSPS) is 20.2. The molecule has 0 aromatic carbocycles. The Morgan fingerprint density at radius 3 is 2.67 bits per heavy atom. The molecule has 1 saturated carbocycles. The number of carbonyl (C=O) groups is 1. The summed E-state index contributed by atoms with van der Waals surface area (Å²) in [5, 5.41) is 3.21. The third kappa shape index (κ3) is 2.31. The zero-order valence-electron chi connectivity index (χ0n) is 8.10. The molecular weight excluding hydrogens is 150 g/mol. The Morgan fingerprint density at radius 1 is 1.58 bits per heavy atom. The van der Waals surface area contributed by atoms with E-state index in [1.54, 1.807) is 0 Å². The number of hydrogen-bond donors (Lipinski definition) is 1. The molecule has 1 unspecified atom stereocenters. The van der Waals surface area contributed by atoms with Crippen LogP contribution in [0.25, 0.3) is 0 Å². The molecule has 1 aliphatic rings. The van der Waals surface area contributed by atoms with Crippen LogP contribution >= 0.6 is 0 Å². The van der Waals surface area contributed by atoms with Gasteiger partial charge in [-0.2, -0.15) is 0 Å². The van der Waals surface area contributed by atoms with Gasteiger partial charge in [0.15, 0.2) is 0 Å². The minimum atomic E-state index is 0.218. The Kier molecular flexibility index (Phi) is 3.73. The van der Waals surface area contributed by atoms with E-state index in [4.69, 9.17) is 0 Å². The van der Waals surface area contributed by atoms with Gasteiger partial charge in [0.2, 0.25) is 0 Å². The maximum Gasteiger partial charge on any atom is 0.140 e. The van der Waals surface area contributed by atoms with Gasteiger partial charge in [0, 0.05) is 18.4 Å². The Hall–Kier alpha value is -0.370. The third-order valence-corrected chi connectivity index (χ3v) is 2.69. The molecule has 0 spiro atoms. The summed E-state index contributed by atoms with van der Waals surface area (Å²) in [4.78, 5) is 11.6. The molecule has 0 aromatic heterocycles. The lowest BCUT2D eigenvalue weighted by Gasteiger charge is -2.26. The Labute approximate surface area is 74.7 Å². The summed E-state index contributed by atoms with van der Waals surface area (Å²) in [6.45, 7) is 5.91. The average Bonchev–Trinajstić information content (AvgIpc) is 1.96. The highest BCUT2D eigenvalue weighted by molar-refractivity contribution is 5.83. The monoisotopic (exact) mass is 169 g/mol. The molecule has 12 heavy (non-hydrogen) atoms. The maximum atomic E-state index is 11.6. The van der Waals surface area contributed by atoms with Crippen molar-refractivity contribution in [3.63, 3.8) is 0 Å². The summed E-state index contributed by atoms with van der Waals surface area (Å²) in [5.41, 5.74) is 0. The fraction of sp³-hybridized carbons (Fsp3) is 0.900. The molecule has 0 saturated heterocycles. The number of rotatable bonds is 5. The summed E-state index contributed by atoms with van der Waals surface area (Å²) in [7, 11) is 0. The SMILES string of the molecule is CCNCC(C)C(=O)C1CCC1. The highest BCUT2D eigenvalue weighted by atomic mass is 16.1. The van der Waals surface area contributed by atoms with Crippen molar-refractivity contribution < 1.29 is 4.79 Å². The predicted molar refractivity (Wildman–Crippen MR) is 50.1 cm³/mol. The molecule has 2 heteroatoms. The van der Waals surface area contributed by atoms with Gasteiger partial charge in [0.1, 0.15) is 5.78 Å². The number of hydrogen-bond acceptors (Lipinski definition) is 2. The first kappa shape index (κ1) is 9.72. The highest BCUT2D eigenvalue weighted by Crippen LogP contribution is 2.29. The third-order valence-electron chi connectivity index (χ3n) is 2.69. The van der Waals surface area contributed by atoms with Crippen LogP contribution in [0.15, 0.2) is 0 Å². The van der Waals surface area contributed by atoms with Gasteiger partial charge < -0.3 is 5.32 Å². The molecular formula is C10H19NO. The zero-order chi connectivity index (χ0) is 8.97. The van der Waals surface area contributed by atoms with Crippen molar-refractivity contribution in [1.29, 1.82) is 0 Å². The van der Waals surface area contributed by atoms with Crippen molar-refractivity contribution in [3.05, 3.63) is 0 Å². The smallest absolute Gasteiger partial charge is 0.140 e. The highest BCUT2D eigenvalue weighted by Gasteiger charge is 2.28. The first-order chi connectivity index (χ1) is 5.75. The number of carbonyl (C=O) groups excluding carboxylic acids is 1. The van der Waals surface area contributed by atoms with E-state index in [9.17, 15) is 4.79 Å². The lowest BCUT2D eigenvalue weighted by molar-refractivity contribution is -0.128. The van der Waals surface area contributed by atoms with Crippen LogP contribution < -0.4 is 5.32 Å². The van der Waals surface area contributed by atoms with Gasteiger partial charge >= 0.3 is 0 Å². The van der Waals surface area contributed by atoms with Crippen molar-refractivity contribution in [3.8, 4) is 0 Å². The molecule has 1 fully saturated rings. The first-order valence-electron chi connectivity index (χ1n) is 5.00. The van der Waals surface area contributed by atoms with E-state index in [1.807, 2.05) is 6.92 Å². The fourth-order valence-electron chi connectivity index (χ4n) is 1.56. The Bertz CT molecular complexity index is 152. The summed E-state index contributed by atoms with van der Waals surface area (Å²) in [6, 6.07) is 0. The molecule has 0 radical (unpaired) electrons. The van der Waals surface area contributed by atoms with Crippen LogP contribution in [0.1, 0.15) is 33.1 Å². The quantitative estimate of drug-likeness (QED) is 0.677. The van der Waals surface area contributed by atoms with Crippen LogP contribution in [0.3, 0.4) is 0 Å². The van der Waals surface area contributed by atoms with Crippen molar-refractivity contribution in [1.82, 2.24) is 5.32 Å². The van der Waals surface area contributed by atoms with E-state index in [-0.39, 0.29) is 5.92 Å². The summed E-state index contributed by atoms with van der Waals surface area (Å²) >= 11 is 0. The van der Waals surface area contributed by atoms with Crippen LogP contribution in [-0.4, -0.2) is 18.9 Å². The molecule has 0 aliphatic heterocycles. The van der Waals surface area contributed by atoms with Gasteiger partial charge in [0.05, 0.1) is 0 Å². The van der Waals surface area contributed by atoms with Crippen LogP contribution in [0.4, 0.5) is 0 Å². The number of ketones is 1. The molecule has 70 valence electrons. The number of nitrogens with one attached hydrogen (secondary N) is 1. The van der Waals surface area contributed by atoms with Gasteiger partial charge in [-0.15, -0.1) is 0 Å². The first-order valence-corrected chi connectivity index (χ1v) is 5.00. The van der Waals surface area contributed by atoms with Crippen molar-refractivity contribution >= 4 is 5.78 Å². The van der Waals surface area contributed by atoms with E-state index in [0.717, 1.165) is 25.9 Å². The molecule has 1 N–H and O–H groups in total. The zero-order valence-corrected chi connectivity index (χ0v) is 8.10. The maximum absolute atomic E-state index is 11.6. The molecule has 0 aromatic rings. The minimum absolute atomic E-state index is 0.218. The molecule has 1 rings (SSSR count). The van der Waals surface area contributed by atoms with Crippen LogP contribution in [0, 0.1) is 11.8 Å². The van der Waals surface area contributed by atoms with Gasteiger partial charge in [-0.3, -0.25) is 4.79 Å². The molecule has 0 heterocycles. The second-order valence-corrected chi connectivity index (χ2v) is 3.74. The molecule has 1 aliphatic carbocycles. The molecule has 0 bridgehead atoms. The van der Waals surface area contributed by atoms with E-state index in [2.05, 4.69) is 12.2 Å². The van der Waals surface area contributed by atoms with Crippen molar-refractivity contribution in [2.24, 2.45) is 11.8 Å². The lowest BCUT2D eigenvalue weighted by atomic mass is 9.78. The van der Waals surface area contributed by atoms with Gasteiger partial charge in [-0.25, -0.2) is 0 Å². The van der Waals surface area contributed by atoms with Crippen LogP contribution in [0.5, 0.6) is 0 Å². The standard InChI is InChI=1S/C10H19NO/c1-3-11-7-8(2)10(12)9-5-4-6-9/h8-9,11H,3-7H2,1-2H3. The van der Waals surface area contributed by atoms with Crippen LogP contribution in [-0.2, 0) is 4.79 Å². The van der Waals surface area contributed by atoms with E-state index in [1.165, 1.54) is 6.42 Å². The van der Waals surface area contributed by atoms with E-state index in [0.29, 0.717) is 11.7 Å².